The minimum Gasteiger partial charge on any atom is -0.462 e. The van der Waals surface area contributed by atoms with Gasteiger partial charge in [0.05, 0.1) is 0 Å². The molecule has 4 saturated carbocycles. The number of hydrogen-bond donors (Lipinski definition) is 1. The van der Waals surface area contributed by atoms with Crippen molar-refractivity contribution in [3.8, 4) is 0 Å². The monoisotopic (exact) mass is 542 g/mol. The molecular formula is C34H54O5. The largest absolute Gasteiger partial charge is 0.462 e. The van der Waals surface area contributed by atoms with E-state index in [1.54, 1.807) is 0 Å². The Labute approximate surface area is 236 Å². The molecule has 220 valence electrons. The lowest BCUT2D eigenvalue weighted by Gasteiger charge is -2.75. The lowest BCUT2D eigenvalue weighted by Crippen LogP contribution is -2.78. The van der Waals surface area contributed by atoms with Crippen LogP contribution in [0.5, 0.6) is 0 Å². The van der Waals surface area contributed by atoms with E-state index in [2.05, 4.69) is 61.5 Å². The minimum atomic E-state index is -1.23. The molecule has 0 bridgehead atoms. The first-order valence-corrected chi connectivity index (χ1v) is 15.6. The quantitative estimate of drug-likeness (QED) is 0.291. The van der Waals surface area contributed by atoms with Gasteiger partial charge in [-0.25, -0.2) is 0 Å². The molecule has 5 aliphatic rings. The smallest absolute Gasteiger partial charge is 0.303 e. The standard InChI is InChI=1S/C34H54O5/c1-21(35)38-26-12-13-32(9)25(29(26,5)6)11-14-33(10)31(8)18-17-30(7)16-15-28(3,4)20-24(30)23(31)19-27(34(32,33)37)39-22(2)36/h19,24-27,37H,11-18,20H2,1-10H3. The van der Waals surface area contributed by atoms with Crippen molar-refractivity contribution >= 4 is 11.9 Å². The first kappa shape index (κ1) is 29.1. The second-order valence-corrected chi connectivity index (χ2v) is 16.6. The average molecular weight is 543 g/mol. The van der Waals surface area contributed by atoms with E-state index in [4.69, 9.17) is 9.47 Å². The third kappa shape index (κ3) is 3.73. The Hall–Kier alpha value is -1.36. The van der Waals surface area contributed by atoms with E-state index in [1.807, 2.05) is 0 Å². The maximum Gasteiger partial charge on any atom is 0.303 e. The summed E-state index contributed by atoms with van der Waals surface area (Å²) in [7, 11) is 0. The predicted molar refractivity (Wildman–Crippen MR) is 153 cm³/mol. The van der Waals surface area contributed by atoms with E-state index < -0.39 is 22.5 Å². The van der Waals surface area contributed by atoms with Crippen molar-refractivity contribution in [2.45, 2.75) is 145 Å². The highest BCUT2D eigenvalue weighted by Crippen LogP contribution is 2.77. The van der Waals surface area contributed by atoms with E-state index in [1.165, 1.54) is 38.7 Å². The summed E-state index contributed by atoms with van der Waals surface area (Å²) in [5.41, 5.74) is -0.710. The van der Waals surface area contributed by atoms with Crippen LogP contribution in [-0.2, 0) is 19.1 Å². The summed E-state index contributed by atoms with van der Waals surface area (Å²) in [6.45, 7) is 21.7. The number of hydrogen-bond acceptors (Lipinski definition) is 5. The van der Waals surface area contributed by atoms with E-state index >= 15 is 0 Å². The van der Waals surface area contributed by atoms with Gasteiger partial charge in [-0.3, -0.25) is 9.59 Å². The second-order valence-electron chi connectivity index (χ2n) is 16.6. The summed E-state index contributed by atoms with van der Waals surface area (Å²) in [6, 6.07) is 0. The Morgan fingerprint density at radius 3 is 2.05 bits per heavy atom. The van der Waals surface area contributed by atoms with E-state index in [9.17, 15) is 14.7 Å². The van der Waals surface area contributed by atoms with Gasteiger partial charge in [0.25, 0.3) is 0 Å². The molecule has 0 radical (unpaired) electrons. The number of carbonyl (C=O) groups excluding carboxylic acids is 2. The number of fused-ring (bicyclic) bond motifs is 7. The van der Waals surface area contributed by atoms with E-state index in [0.717, 1.165) is 32.1 Å². The summed E-state index contributed by atoms with van der Waals surface area (Å²) in [5, 5.41) is 13.5. The van der Waals surface area contributed by atoms with E-state index in [0.29, 0.717) is 12.3 Å². The van der Waals surface area contributed by atoms with Gasteiger partial charge in [-0.05, 0) is 91.9 Å². The molecule has 0 aromatic rings. The van der Waals surface area contributed by atoms with Crippen LogP contribution < -0.4 is 0 Å². The fourth-order valence-corrected chi connectivity index (χ4v) is 11.2. The van der Waals surface area contributed by atoms with Gasteiger partial charge in [0.1, 0.15) is 17.8 Å². The number of ether oxygens (including phenoxy) is 2. The zero-order valence-electron chi connectivity index (χ0n) is 26.3. The van der Waals surface area contributed by atoms with Gasteiger partial charge < -0.3 is 14.6 Å². The number of esters is 2. The van der Waals surface area contributed by atoms with Gasteiger partial charge in [0.15, 0.2) is 0 Å². The zero-order chi connectivity index (χ0) is 29.0. The maximum atomic E-state index is 13.5. The van der Waals surface area contributed by atoms with Crippen molar-refractivity contribution in [3.05, 3.63) is 11.6 Å². The molecule has 4 fully saturated rings. The van der Waals surface area contributed by atoms with E-state index in [-0.39, 0.29) is 45.6 Å². The fourth-order valence-electron chi connectivity index (χ4n) is 11.2. The number of carbonyl (C=O) groups is 2. The van der Waals surface area contributed by atoms with Gasteiger partial charge >= 0.3 is 11.9 Å². The first-order valence-electron chi connectivity index (χ1n) is 15.6. The predicted octanol–water partition coefficient (Wildman–Crippen LogP) is 7.40. The molecule has 0 spiro atoms. The Balaban J connectivity index is 1.69. The van der Waals surface area contributed by atoms with Crippen molar-refractivity contribution in [2.24, 2.45) is 44.3 Å². The van der Waals surface area contributed by atoms with Gasteiger partial charge in [-0.2, -0.15) is 0 Å². The van der Waals surface area contributed by atoms with Crippen LogP contribution in [0.1, 0.15) is 127 Å². The molecular weight excluding hydrogens is 488 g/mol. The molecule has 0 amide bonds. The highest BCUT2D eigenvalue weighted by atomic mass is 16.6. The lowest BCUT2D eigenvalue weighted by molar-refractivity contribution is -0.318. The summed E-state index contributed by atoms with van der Waals surface area (Å²) in [5.74, 6) is -0.0223. The Bertz CT molecular complexity index is 1090. The molecule has 9 atom stereocenters. The van der Waals surface area contributed by atoms with Crippen molar-refractivity contribution in [2.75, 3.05) is 0 Å². The van der Waals surface area contributed by atoms with Gasteiger partial charge in [0.2, 0.25) is 0 Å². The fraction of sp³-hybridized carbons (Fsp3) is 0.882. The SMILES string of the molecule is CC(=O)OC1CCC2(C)C(CCC3(C)C4(C)CCC5(C)CCC(C)(C)CC5C4=CC(OC(C)=O)C23O)C1(C)C. The molecule has 0 saturated heterocycles. The van der Waals surface area contributed by atoms with Crippen molar-refractivity contribution < 1.29 is 24.2 Å². The van der Waals surface area contributed by atoms with Crippen LogP contribution >= 0.6 is 0 Å². The zero-order valence-corrected chi connectivity index (χ0v) is 26.3. The molecule has 5 aliphatic carbocycles. The minimum absolute atomic E-state index is 0.125. The lowest BCUT2D eigenvalue weighted by atomic mass is 9.31. The molecule has 5 rings (SSSR count). The highest BCUT2D eigenvalue weighted by molar-refractivity contribution is 5.67. The second kappa shape index (κ2) is 8.58. The molecule has 5 nitrogen and oxygen atoms in total. The Kier molecular flexibility index (Phi) is 6.41. The summed E-state index contributed by atoms with van der Waals surface area (Å²) >= 11 is 0. The van der Waals surface area contributed by atoms with Crippen LogP contribution in [0.4, 0.5) is 0 Å². The molecule has 1 N–H and O–H groups in total. The van der Waals surface area contributed by atoms with Crippen molar-refractivity contribution in [1.82, 2.24) is 0 Å². The van der Waals surface area contributed by atoms with Crippen LogP contribution in [0, 0.1) is 44.3 Å². The number of allylic oxidation sites excluding steroid dienone is 1. The number of rotatable bonds is 2. The van der Waals surface area contributed by atoms with Crippen LogP contribution in [0.15, 0.2) is 11.6 Å². The van der Waals surface area contributed by atoms with Gasteiger partial charge in [0, 0.05) is 30.1 Å². The maximum absolute atomic E-state index is 13.5. The molecule has 5 heteroatoms. The van der Waals surface area contributed by atoms with Crippen molar-refractivity contribution in [1.29, 1.82) is 0 Å². The molecule has 9 unspecified atom stereocenters. The third-order valence-electron chi connectivity index (χ3n) is 13.8. The molecule has 0 aromatic heterocycles. The molecule has 39 heavy (non-hydrogen) atoms. The summed E-state index contributed by atoms with van der Waals surface area (Å²) < 4.78 is 12.1. The molecule has 0 aromatic carbocycles. The van der Waals surface area contributed by atoms with Crippen molar-refractivity contribution in [3.63, 3.8) is 0 Å². The number of aliphatic hydroxyl groups is 1. The van der Waals surface area contributed by atoms with Crippen LogP contribution in [-0.4, -0.2) is 34.9 Å². The Morgan fingerprint density at radius 1 is 0.821 bits per heavy atom. The Morgan fingerprint density at radius 2 is 1.44 bits per heavy atom. The summed E-state index contributed by atoms with van der Waals surface area (Å²) in [4.78, 5) is 24.7. The van der Waals surface area contributed by atoms with Crippen LogP contribution in [0.2, 0.25) is 0 Å². The van der Waals surface area contributed by atoms with Gasteiger partial charge in [-0.1, -0.05) is 61.0 Å². The van der Waals surface area contributed by atoms with Crippen LogP contribution in [0.25, 0.3) is 0 Å². The molecule has 0 aliphatic heterocycles. The summed E-state index contributed by atoms with van der Waals surface area (Å²) in [6.07, 6.45) is 10.5. The first-order chi connectivity index (χ1) is 17.8. The average Bonchev–Trinajstić information content (AvgIpc) is 2.80. The van der Waals surface area contributed by atoms with Crippen LogP contribution in [0.3, 0.4) is 0 Å². The van der Waals surface area contributed by atoms with Gasteiger partial charge in [-0.15, -0.1) is 0 Å². The highest BCUT2D eigenvalue weighted by Gasteiger charge is 2.77. The topological polar surface area (TPSA) is 72.8 Å². The third-order valence-corrected chi connectivity index (χ3v) is 13.8. The normalized spacial score (nSPS) is 49.8. The molecule has 0 heterocycles.